The molecule has 5 nitrogen and oxygen atoms in total. The van der Waals surface area contributed by atoms with Crippen LogP contribution in [-0.4, -0.2) is 24.3 Å². The van der Waals surface area contributed by atoms with Crippen LogP contribution in [0.2, 0.25) is 0 Å². The number of carbonyl (C=O) groups excluding carboxylic acids is 1. The Morgan fingerprint density at radius 1 is 1.08 bits per heavy atom. The third-order valence-corrected chi connectivity index (χ3v) is 4.20. The van der Waals surface area contributed by atoms with Gasteiger partial charge in [0.1, 0.15) is 12.3 Å². The Balaban J connectivity index is 1.57. The maximum atomic E-state index is 12.5. The smallest absolute Gasteiger partial charge is 0.326 e. The molecule has 1 heterocycles. The molecule has 0 fully saturated rings. The quantitative estimate of drug-likeness (QED) is 0.485. The number of benzene rings is 2. The van der Waals surface area contributed by atoms with E-state index in [0.717, 1.165) is 18.2 Å². The van der Waals surface area contributed by atoms with E-state index in [4.69, 9.17) is 9.47 Å². The molecule has 5 heteroatoms. The summed E-state index contributed by atoms with van der Waals surface area (Å²) in [5.41, 5.74) is 0.996. The van der Waals surface area contributed by atoms with Crippen molar-refractivity contribution in [3.05, 3.63) is 76.7 Å². The molecule has 0 radical (unpaired) electrons. The summed E-state index contributed by atoms with van der Waals surface area (Å²) in [5.74, 6) is 0.278. The summed E-state index contributed by atoms with van der Waals surface area (Å²) in [5, 5.41) is 1.33. The first-order valence-electron chi connectivity index (χ1n) is 8.54. The molecule has 0 aliphatic heterocycles. The van der Waals surface area contributed by atoms with E-state index in [1.165, 1.54) is 10.1 Å². The lowest BCUT2D eigenvalue weighted by Crippen LogP contribution is -2.25. The molecule has 0 saturated carbocycles. The summed E-state index contributed by atoms with van der Waals surface area (Å²) in [6, 6.07) is 17.1. The van der Waals surface area contributed by atoms with Crippen LogP contribution >= 0.6 is 0 Å². The Labute approximate surface area is 151 Å². The van der Waals surface area contributed by atoms with Gasteiger partial charge >= 0.3 is 5.97 Å². The highest BCUT2D eigenvalue weighted by molar-refractivity contribution is 5.83. The van der Waals surface area contributed by atoms with Crippen LogP contribution in [0.3, 0.4) is 0 Å². The fourth-order valence-electron chi connectivity index (χ4n) is 2.81. The van der Waals surface area contributed by atoms with Gasteiger partial charge in [-0.15, -0.1) is 0 Å². The number of esters is 1. The molecule has 0 saturated heterocycles. The summed E-state index contributed by atoms with van der Waals surface area (Å²) in [4.78, 5) is 24.5. The average Bonchev–Trinajstić information content (AvgIpc) is 2.68. The van der Waals surface area contributed by atoms with E-state index in [1.807, 2.05) is 30.3 Å². The Morgan fingerprint density at radius 3 is 2.65 bits per heavy atom. The molecule has 3 aromatic rings. The van der Waals surface area contributed by atoms with Crippen molar-refractivity contribution in [3.8, 4) is 5.75 Å². The van der Waals surface area contributed by atoms with Gasteiger partial charge in [-0.05, 0) is 48.1 Å². The number of ether oxygens (including phenoxy) is 2. The van der Waals surface area contributed by atoms with Gasteiger partial charge in [-0.3, -0.25) is 9.59 Å². The summed E-state index contributed by atoms with van der Waals surface area (Å²) in [6.07, 6.45) is 3.21. The molecule has 0 unspecified atom stereocenters. The lowest BCUT2D eigenvalue weighted by atomic mass is 10.1. The van der Waals surface area contributed by atoms with Crippen molar-refractivity contribution in [1.29, 1.82) is 0 Å². The first-order chi connectivity index (χ1) is 12.7. The number of nitrogens with zero attached hydrogens (tertiary/aromatic N) is 1. The van der Waals surface area contributed by atoms with Crippen molar-refractivity contribution in [1.82, 2.24) is 4.57 Å². The van der Waals surface area contributed by atoms with Crippen molar-refractivity contribution in [2.24, 2.45) is 0 Å². The molecule has 0 aliphatic rings. The summed E-state index contributed by atoms with van der Waals surface area (Å²) in [7, 11) is 1.58. The van der Waals surface area contributed by atoms with Gasteiger partial charge in [0, 0.05) is 11.6 Å². The van der Waals surface area contributed by atoms with Crippen LogP contribution in [-0.2, 0) is 22.5 Å². The minimum absolute atomic E-state index is 0.0911. The number of hydrogen-bond donors (Lipinski definition) is 0. The van der Waals surface area contributed by atoms with Crippen molar-refractivity contribution in [3.63, 3.8) is 0 Å². The largest absolute Gasteiger partial charge is 0.497 e. The predicted octanol–water partition coefficient (Wildman–Crippen LogP) is 3.19. The van der Waals surface area contributed by atoms with E-state index in [1.54, 1.807) is 37.6 Å². The van der Waals surface area contributed by atoms with Gasteiger partial charge in [-0.2, -0.15) is 0 Å². The zero-order valence-electron chi connectivity index (χ0n) is 14.7. The molecule has 0 amide bonds. The van der Waals surface area contributed by atoms with Crippen molar-refractivity contribution in [2.75, 3.05) is 13.7 Å². The monoisotopic (exact) mass is 351 g/mol. The number of methoxy groups -OCH3 is 1. The Bertz CT molecular complexity index is 947. The molecule has 0 spiro atoms. The highest BCUT2D eigenvalue weighted by Crippen LogP contribution is 2.17. The van der Waals surface area contributed by atoms with Crippen LogP contribution in [0.1, 0.15) is 12.0 Å². The summed E-state index contributed by atoms with van der Waals surface area (Å²) < 4.78 is 11.8. The maximum Gasteiger partial charge on any atom is 0.326 e. The van der Waals surface area contributed by atoms with Gasteiger partial charge in [0.25, 0.3) is 5.56 Å². The Hall–Kier alpha value is -3.08. The number of hydrogen-bond acceptors (Lipinski definition) is 4. The van der Waals surface area contributed by atoms with Gasteiger partial charge in [0.2, 0.25) is 0 Å². The second-order valence-electron chi connectivity index (χ2n) is 6.01. The van der Waals surface area contributed by atoms with Crippen molar-refractivity contribution < 1.29 is 14.3 Å². The second-order valence-corrected chi connectivity index (χ2v) is 6.01. The van der Waals surface area contributed by atoms with E-state index in [-0.39, 0.29) is 12.1 Å². The van der Waals surface area contributed by atoms with E-state index in [9.17, 15) is 9.59 Å². The average molecular weight is 351 g/mol. The van der Waals surface area contributed by atoms with Gasteiger partial charge in [0.05, 0.1) is 13.7 Å². The van der Waals surface area contributed by atoms with Crippen LogP contribution in [0, 0.1) is 0 Å². The molecule has 0 atom stereocenters. The number of carbonyl (C=O) groups is 1. The highest BCUT2D eigenvalue weighted by Gasteiger charge is 2.09. The summed E-state index contributed by atoms with van der Waals surface area (Å²) in [6.45, 7) is 0.249. The van der Waals surface area contributed by atoms with E-state index in [2.05, 4.69) is 0 Å². The number of aromatic nitrogens is 1. The molecule has 1 aromatic heterocycles. The van der Waals surface area contributed by atoms with Crippen LogP contribution in [0.4, 0.5) is 0 Å². The first-order valence-corrected chi connectivity index (χ1v) is 8.54. The standard InChI is InChI=1S/C21H21NO4/c1-25-18-9-10-19-17(14-18)11-12-22(21(19)24)15-20(23)26-13-5-8-16-6-3-2-4-7-16/h2-4,6-7,9-12,14H,5,8,13,15H2,1H3. The molecule has 0 aliphatic carbocycles. The Kier molecular flexibility index (Phi) is 5.69. The first kappa shape index (κ1) is 17.7. The predicted molar refractivity (Wildman–Crippen MR) is 100 cm³/mol. The summed E-state index contributed by atoms with van der Waals surface area (Å²) >= 11 is 0. The SMILES string of the molecule is COc1ccc2c(=O)n(CC(=O)OCCCc3ccccc3)ccc2c1. The zero-order valence-corrected chi connectivity index (χ0v) is 14.7. The number of pyridine rings is 1. The van der Waals surface area contributed by atoms with Gasteiger partial charge in [-0.1, -0.05) is 30.3 Å². The minimum atomic E-state index is -0.409. The maximum absolute atomic E-state index is 12.5. The molecule has 2 aromatic carbocycles. The number of rotatable bonds is 7. The fourth-order valence-corrected chi connectivity index (χ4v) is 2.81. The lowest BCUT2D eigenvalue weighted by molar-refractivity contribution is -0.144. The molecule has 3 rings (SSSR count). The van der Waals surface area contributed by atoms with Crippen LogP contribution in [0.25, 0.3) is 10.8 Å². The third-order valence-electron chi connectivity index (χ3n) is 4.20. The van der Waals surface area contributed by atoms with E-state index in [0.29, 0.717) is 17.7 Å². The van der Waals surface area contributed by atoms with E-state index >= 15 is 0 Å². The van der Waals surface area contributed by atoms with Crippen LogP contribution in [0.15, 0.2) is 65.6 Å². The second kappa shape index (κ2) is 8.34. The topological polar surface area (TPSA) is 57.5 Å². The fraction of sp³-hybridized carbons (Fsp3) is 0.238. The minimum Gasteiger partial charge on any atom is -0.497 e. The van der Waals surface area contributed by atoms with Crippen molar-refractivity contribution >= 4 is 16.7 Å². The molecular formula is C21H21NO4. The molecule has 134 valence electrons. The normalized spacial score (nSPS) is 10.7. The van der Waals surface area contributed by atoms with Gasteiger partial charge in [0.15, 0.2) is 0 Å². The molecular weight excluding hydrogens is 330 g/mol. The van der Waals surface area contributed by atoms with Gasteiger partial charge in [-0.25, -0.2) is 0 Å². The Morgan fingerprint density at radius 2 is 1.88 bits per heavy atom. The highest BCUT2D eigenvalue weighted by atomic mass is 16.5. The van der Waals surface area contributed by atoms with Crippen LogP contribution in [0.5, 0.6) is 5.75 Å². The zero-order chi connectivity index (χ0) is 18.4. The van der Waals surface area contributed by atoms with E-state index < -0.39 is 5.97 Å². The number of aryl methyl sites for hydroxylation is 1. The van der Waals surface area contributed by atoms with Crippen LogP contribution < -0.4 is 10.3 Å². The molecule has 0 N–H and O–H groups in total. The number of fused-ring (bicyclic) bond motifs is 1. The molecule has 0 bridgehead atoms. The van der Waals surface area contributed by atoms with Crippen molar-refractivity contribution in [2.45, 2.75) is 19.4 Å². The van der Waals surface area contributed by atoms with Gasteiger partial charge < -0.3 is 14.0 Å². The third kappa shape index (κ3) is 4.30. The lowest BCUT2D eigenvalue weighted by Gasteiger charge is -2.09. The molecule has 26 heavy (non-hydrogen) atoms.